The number of carbonyl (C=O) groups is 1. The predicted octanol–water partition coefficient (Wildman–Crippen LogP) is 3.62. The van der Waals surface area contributed by atoms with Crippen molar-refractivity contribution in [3.63, 3.8) is 0 Å². The highest BCUT2D eigenvalue weighted by molar-refractivity contribution is 7.83. The van der Waals surface area contributed by atoms with Crippen molar-refractivity contribution in [2.75, 3.05) is 0 Å². The molecule has 1 heterocycles. The highest BCUT2D eigenvalue weighted by Gasteiger charge is 2.20. The van der Waals surface area contributed by atoms with E-state index in [-0.39, 0.29) is 12.2 Å². The molecule has 0 bridgehead atoms. The van der Waals surface area contributed by atoms with Crippen molar-refractivity contribution in [2.45, 2.75) is 18.2 Å². The smallest absolute Gasteiger partial charge is 0.194 e. The summed E-state index contributed by atoms with van der Waals surface area (Å²) in [6.45, 7) is 1.96. The average Bonchev–Trinajstić information content (AvgIpc) is 2.94. The van der Waals surface area contributed by atoms with Crippen LogP contribution in [0.1, 0.15) is 22.5 Å². The van der Waals surface area contributed by atoms with Crippen molar-refractivity contribution in [3.8, 4) is 6.07 Å². The first-order chi connectivity index (χ1) is 11.1. The van der Waals surface area contributed by atoms with Crippen LogP contribution in [0.2, 0.25) is 0 Å². The number of ketones is 1. The van der Waals surface area contributed by atoms with E-state index in [1.165, 1.54) is 3.97 Å². The molecule has 1 aromatic heterocycles. The summed E-state index contributed by atoms with van der Waals surface area (Å²) in [7, 11) is -1.55. The first-order valence-corrected chi connectivity index (χ1v) is 8.22. The largest absolute Gasteiger partial charge is 0.291 e. The second-order valence-corrected chi connectivity index (χ2v) is 6.54. The number of Topliss-reactive ketones (excluding diaryl/α,β-unsaturated/α-hetero) is 1. The van der Waals surface area contributed by atoms with Crippen LogP contribution in [0.5, 0.6) is 0 Å². The molecule has 0 fully saturated rings. The van der Waals surface area contributed by atoms with E-state index in [1.807, 2.05) is 49.4 Å². The molecule has 0 saturated carbocycles. The zero-order valence-corrected chi connectivity index (χ0v) is 13.3. The molecule has 2 aromatic carbocycles. The third kappa shape index (κ3) is 2.81. The molecule has 0 aliphatic carbocycles. The quantitative estimate of drug-likeness (QED) is 0.689. The second-order valence-electron chi connectivity index (χ2n) is 5.20. The van der Waals surface area contributed by atoms with E-state index in [0.717, 1.165) is 10.9 Å². The van der Waals surface area contributed by atoms with Gasteiger partial charge in [0.2, 0.25) is 0 Å². The number of carbonyl (C=O) groups excluding carboxylic acids is 1. The number of nitrogens with zero attached hydrogens (tertiary/aromatic N) is 2. The zero-order valence-electron chi connectivity index (χ0n) is 12.5. The lowest BCUT2D eigenvalue weighted by atomic mass is 10.2. The van der Waals surface area contributed by atoms with E-state index >= 15 is 0 Å². The van der Waals surface area contributed by atoms with Gasteiger partial charge >= 0.3 is 0 Å². The van der Waals surface area contributed by atoms with Crippen LogP contribution in [0.15, 0.2) is 59.5 Å². The Morgan fingerprint density at radius 1 is 1.17 bits per heavy atom. The van der Waals surface area contributed by atoms with Gasteiger partial charge in [-0.1, -0.05) is 35.9 Å². The molecular formula is C18H14N2O2S. The minimum absolute atomic E-state index is 0.235. The Labute approximate surface area is 136 Å². The van der Waals surface area contributed by atoms with E-state index < -0.39 is 11.0 Å². The van der Waals surface area contributed by atoms with E-state index in [2.05, 4.69) is 0 Å². The molecule has 0 radical (unpaired) electrons. The Kier molecular flexibility index (Phi) is 4.09. The first-order valence-electron chi connectivity index (χ1n) is 7.11. The zero-order chi connectivity index (χ0) is 16.4. The lowest BCUT2D eigenvalue weighted by molar-refractivity contribution is 0.0992. The first kappa shape index (κ1) is 15.2. The molecule has 4 nitrogen and oxygen atoms in total. The average molecular weight is 322 g/mol. The number of fused-ring (bicyclic) bond motifs is 1. The summed E-state index contributed by atoms with van der Waals surface area (Å²) in [6, 6.07) is 18.3. The molecule has 0 saturated heterocycles. The van der Waals surface area contributed by atoms with Crippen LogP contribution in [0.4, 0.5) is 0 Å². The summed E-state index contributed by atoms with van der Waals surface area (Å²) in [6.07, 6.45) is -0.235. The van der Waals surface area contributed by atoms with Gasteiger partial charge in [-0.05, 0) is 31.2 Å². The highest BCUT2D eigenvalue weighted by Crippen LogP contribution is 2.24. The molecule has 3 aromatic rings. The summed E-state index contributed by atoms with van der Waals surface area (Å²) >= 11 is 0. The Morgan fingerprint density at radius 2 is 1.87 bits per heavy atom. The van der Waals surface area contributed by atoms with Crippen molar-refractivity contribution >= 4 is 27.7 Å². The molecule has 0 N–H and O–H groups in total. The molecule has 3 rings (SSSR count). The maximum Gasteiger partial charge on any atom is 0.194 e. The minimum Gasteiger partial charge on any atom is -0.291 e. The molecule has 23 heavy (non-hydrogen) atoms. The number of hydrogen-bond donors (Lipinski definition) is 0. The number of benzene rings is 2. The third-order valence-electron chi connectivity index (χ3n) is 3.58. The van der Waals surface area contributed by atoms with Gasteiger partial charge in [-0.15, -0.1) is 0 Å². The lowest BCUT2D eigenvalue weighted by Gasteiger charge is -2.09. The minimum atomic E-state index is -1.55. The number of nitriles is 1. The Morgan fingerprint density at radius 3 is 2.57 bits per heavy atom. The highest BCUT2D eigenvalue weighted by atomic mass is 32.2. The van der Waals surface area contributed by atoms with Crippen LogP contribution in [0.25, 0.3) is 10.9 Å². The number of aromatic nitrogens is 1. The van der Waals surface area contributed by atoms with Gasteiger partial charge in [-0.3, -0.25) is 8.77 Å². The molecule has 1 atom stereocenters. The van der Waals surface area contributed by atoms with Crippen molar-refractivity contribution in [3.05, 3.63) is 65.9 Å². The van der Waals surface area contributed by atoms with Gasteiger partial charge in [0.1, 0.15) is 6.42 Å². The van der Waals surface area contributed by atoms with Crippen LogP contribution in [0, 0.1) is 18.3 Å². The molecule has 0 aliphatic heterocycles. The van der Waals surface area contributed by atoms with Gasteiger partial charge in [-0.2, -0.15) is 5.26 Å². The molecule has 0 spiro atoms. The van der Waals surface area contributed by atoms with Crippen LogP contribution in [0.3, 0.4) is 0 Å². The number of para-hydroxylation sites is 1. The molecular weight excluding hydrogens is 308 g/mol. The maximum atomic E-state index is 13.0. The fraction of sp³-hybridized carbons (Fsp3) is 0.111. The second kappa shape index (κ2) is 6.19. The van der Waals surface area contributed by atoms with Crippen LogP contribution < -0.4 is 0 Å². The fourth-order valence-corrected chi connectivity index (χ4v) is 3.68. The summed E-state index contributed by atoms with van der Waals surface area (Å²) in [5, 5.41) is 9.62. The summed E-state index contributed by atoms with van der Waals surface area (Å²) < 4.78 is 14.5. The van der Waals surface area contributed by atoms with Gasteiger partial charge in [0.15, 0.2) is 16.8 Å². The van der Waals surface area contributed by atoms with Crippen LogP contribution >= 0.6 is 0 Å². The van der Waals surface area contributed by atoms with Crippen molar-refractivity contribution in [1.82, 2.24) is 3.97 Å². The van der Waals surface area contributed by atoms with Crippen molar-refractivity contribution in [2.24, 2.45) is 0 Å². The third-order valence-corrected chi connectivity index (χ3v) is 4.98. The van der Waals surface area contributed by atoms with Crippen molar-refractivity contribution in [1.29, 1.82) is 5.26 Å². The summed E-state index contributed by atoms with van der Waals surface area (Å²) in [4.78, 5) is 12.9. The predicted molar refractivity (Wildman–Crippen MR) is 89.5 cm³/mol. The van der Waals surface area contributed by atoms with E-state index in [0.29, 0.717) is 16.1 Å². The summed E-state index contributed by atoms with van der Waals surface area (Å²) in [5.41, 5.74) is 2.09. The SMILES string of the molecule is Cc1ccc(S(=O)n2c(C(=O)CC#N)cc3ccccc32)cc1. The van der Waals surface area contributed by atoms with Crippen LogP contribution in [-0.4, -0.2) is 14.0 Å². The molecule has 5 heteroatoms. The Hall–Kier alpha value is -2.71. The Bertz CT molecular complexity index is 949. The number of aryl methyl sites for hydroxylation is 1. The monoisotopic (exact) mass is 322 g/mol. The van der Waals surface area contributed by atoms with E-state index in [1.54, 1.807) is 18.2 Å². The van der Waals surface area contributed by atoms with Gasteiger partial charge in [0.05, 0.1) is 22.2 Å². The molecule has 1 unspecified atom stereocenters. The van der Waals surface area contributed by atoms with Gasteiger partial charge < -0.3 is 0 Å². The molecule has 0 amide bonds. The van der Waals surface area contributed by atoms with Gasteiger partial charge in [0, 0.05) is 5.39 Å². The number of rotatable bonds is 4. The topological polar surface area (TPSA) is 62.9 Å². The van der Waals surface area contributed by atoms with Crippen LogP contribution in [-0.2, 0) is 11.0 Å². The lowest BCUT2D eigenvalue weighted by Crippen LogP contribution is -2.12. The fourth-order valence-electron chi connectivity index (χ4n) is 2.43. The molecule has 0 aliphatic rings. The van der Waals surface area contributed by atoms with Crippen molar-refractivity contribution < 1.29 is 9.00 Å². The normalized spacial score (nSPS) is 12.0. The van der Waals surface area contributed by atoms with E-state index in [4.69, 9.17) is 5.26 Å². The standard InChI is InChI=1S/C18H14N2O2S/c1-13-6-8-15(9-7-13)23(22)20-16-5-3-2-4-14(16)12-17(20)18(21)10-11-19/h2-9,12H,10H2,1H3. The maximum absolute atomic E-state index is 13.0. The number of hydrogen-bond acceptors (Lipinski definition) is 3. The van der Waals surface area contributed by atoms with Gasteiger partial charge in [0.25, 0.3) is 0 Å². The molecule has 114 valence electrons. The van der Waals surface area contributed by atoms with Gasteiger partial charge in [-0.25, -0.2) is 4.21 Å². The van der Waals surface area contributed by atoms with E-state index in [9.17, 15) is 9.00 Å². The Balaban J connectivity index is 2.20. The summed E-state index contributed by atoms with van der Waals surface area (Å²) in [5.74, 6) is -0.329.